The zero-order chi connectivity index (χ0) is 15.9. The molecule has 1 aromatic rings. The molecule has 1 aromatic carbocycles. The van der Waals surface area contributed by atoms with Crippen LogP contribution in [-0.4, -0.2) is 44.6 Å². The molecule has 0 aliphatic carbocycles. The third kappa shape index (κ3) is 4.49. The van der Waals surface area contributed by atoms with E-state index in [1.54, 1.807) is 37.5 Å². The highest BCUT2D eigenvalue weighted by Crippen LogP contribution is 2.24. The third-order valence-corrected chi connectivity index (χ3v) is 4.16. The summed E-state index contributed by atoms with van der Waals surface area (Å²) in [6, 6.07) is 5.37. The van der Waals surface area contributed by atoms with E-state index in [4.69, 9.17) is 16.3 Å². The van der Waals surface area contributed by atoms with Gasteiger partial charge in [0, 0.05) is 29.8 Å². The molecular formula is C17H23ClN2O2. The summed E-state index contributed by atoms with van der Waals surface area (Å²) in [5, 5.41) is 3.81. The van der Waals surface area contributed by atoms with Gasteiger partial charge in [-0.25, -0.2) is 0 Å². The number of benzene rings is 1. The number of likely N-dealkylation sites (tertiary alicyclic amines) is 1. The van der Waals surface area contributed by atoms with Gasteiger partial charge in [-0.1, -0.05) is 11.6 Å². The first-order chi connectivity index (χ1) is 10.6. The van der Waals surface area contributed by atoms with Crippen LogP contribution in [0, 0.1) is 5.92 Å². The molecule has 0 bridgehead atoms. The topological polar surface area (TPSA) is 41.6 Å². The van der Waals surface area contributed by atoms with Gasteiger partial charge in [0.15, 0.2) is 0 Å². The number of amides is 1. The minimum absolute atomic E-state index is 0.0443. The molecule has 2 rings (SSSR count). The first kappa shape index (κ1) is 16.8. The molecule has 0 radical (unpaired) electrons. The number of ether oxygens (including phenoxy) is 1. The number of nitrogens with zero attached hydrogens (tertiary/aromatic N) is 1. The van der Waals surface area contributed by atoms with Gasteiger partial charge in [0.25, 0.3) is 0 Å². The highest BCUT2D eigenvalue weighted by molar-refractivity contribution is 6.30. The van der Waals surface area contributed by atoms with Crippen LogP contribution in [0.3, 0.4) is 0 Å². The molecule has 4 nitrogen and oxygen atoms in total. The molecule has 1 unspecified atom stereocenters. The van der Waals surface area contributed by atoms with Crippen molar-refractivity contribution in [2.24, 2.45) is 5.92 Å². The van der Waals surface area contributed by atoms with Gasteiger partial charge in [-0.2, -0.15) is 0 Å². The second-order valence-electron chi connectivity index (χ2n) is 5.57. The molecule has 1 amide bonds. The maximum atomic E-state index is 12.4. The molecule has 0 spiro atoms. The second-order valence-corrected chi connectivity index (χ2v) is 6.01. The van der Waals surface area contributed by atoms with Gasteiger partial charge in [0.05, 0.1) is 7.11 Å². The highest BCUT2D eigenvalue weighted by atomic mass is 35.5. The van der Waals surface area contributed by atoms with Gasteiger partial charge in [0.1, 0.15) is 5.75 Å². The lowest BCUT2D eigenvalue weighted by atomic mass is 9.98. The van der Waals surface area contributed by atoms with Crippen LogP contribution >= 0.6 is 11.6 Å². The molecule has 1 fully saturated rings. The standard InChI is InChI=1S/C17H23ClN2O2/c1-19-11-13-4-3-9-20(12-13)17(21)8-5-14-10-15(18)6-7-16(14)22-2/h5-8,10,13,19H,3-4,9,11-12H2,1-2H3. The Kier molecular flexibility index (Phi) is 6.28. The summed E-state index contributed by atoms with van der Waals surface area (Å²) in [6.07, 6.45) is 5.62. The van der Waals surface area contributed by atoms with E-state index in [-0.39, 0.29) is 5.91 Å². The summed E-state index contributed by atoms with van der Waals surface area (Å²) in [7, 11) is 3.56. The largest absolute Gasteiger partial charge is 0.496 e. The Morgan fingerprint density at radius 1 is 1.55 bits per heavy atom. The van der Waals surface area contributed by atoms with Crippen LogP contribution in [0.1, 0.15) is 18.4 Å². The van der Waals surface area contributed by atoms with Crippen LogP contribution in [0.4, 0.5) is 0 Å². The van der Waals surface area contributed by atoms with Crippen LogP contribution in [-0.2, 0) is 4.79 Å². The van der Waals surface area contributed by atoms with Crippen molar-refractivity contribution in [3.63, 3.8) is 0 Å². The molecule has 5 heteroatoms. The van der Waals surface area contributed by atoms with Gasteiger partial charge in [-0.05, 0) is 56.6 Å². The number of nitrogens with one attached hydrogen (secondary N) is 1. The van der Waals surface area contributed by atoms with E-state index < -0.39 is 0 Å². The summed E-state index contributed by atoms with van der Waals surface area (Å²) < 4.78 is 5.28. The molecule has 22 heavy (non-hydrogen) atoms. The number of carbonyl (C=O) groups is 1. The second kappa shape index (κ2) is 8.20. The molecule has 1 saturated heterocycles. The Labute approximate surface area is 137 Å². The van der Waals surface area contributed by atoms with E-state index >= 15 is 0 Å². The third-order valence-electron chi connectivity index (χ3n) is 3.92. The zero-order valence-corrected chi connectivity index (χ0v) is 13.9. The van der Waals surface area contributed by atoms with Crippen LogP contribution in [0.25, 0.3) is 6.08 Å². The summed E-state index contributed by atoms with van der Waals surface area (Å²) in [6.45, 7) is 2.60. The fraction of sp³-hybridized carbons (Fsp3) is 0.471. The molecule has 1 heterocycles. The molecule has 1 aliphatic heterocycles. The predicted octanol–water partition coefficient (Wildman–Crippen LogP) is 2.82. The van der Waals surface area contributed by atoms with E-state index in [0.717, 1.165) is 31.6 Å². The van der Waals surface area contributed by atoms with Gasteiger partial charge in [-0.15, -0.1) is 0 Å². The lowest BCUT2D eigenvalue weighted by Gasteiger charge is -2.32. The molecule has 120 valence electrons. The first-order valence-corrected chi connectivity index (χ1v) is 7.97. The van der Waals surface area contributed by atoms with Crippen LogP contribution in [0.15, 0.2) is 24.3 Å². The van der Waals surface area contributed by atoms with E-state index in [1.807, 2.05) is 11.9 Å². The predicted molar refractivity (Wildman–Crippen MR) is 90.3 cm³/mol. The van der Waals surface area contributed by atoms with Crippen molar-refractivity contribution in [1.29, 1.82) is 0 Å². The Bertz CT molecular complexity index is 543. The summed E-state index contributed by atoms with van der Waals surface area (Å²) in [5.41, 5.74) is 0.812. The highest BCUT2D eigenvalue weighted by Gasteiger charge is 2.21. The molecule has 1 N–H and O–H groups in total. The number of rotatable bonds is 5. The maximum Gasteiger partial charge on any atom is 0.246 e. The van der Waals surface area contributed by atoms with Crippen LogP contribution < -0.4 is 10.1 Å². The first-order valence-electron chi connectivity index (χ1n) is 7.59. The SMILES string of the molecule is CNCC1CCCN(C(=O)C=Cc2cc(Cl)ccc2OC)C1. The number of piperidine rings is 1. The molecule has 0 aromatic heterocycles. The van der Waals surface area contributed by atoms with Crippen molar-refractivity contribution < 1.29 is 9.53 Å². The minimum Gasteiger partial charge on any atom is -0.496 e. The Hall–Kier alpha value is -1.52. The van der Waals surface area contributed by atoms with Crippen molar-refractivity contribution in [3.8, 4) is 5.75 Å². The average Bonchev–Trinajstić information content (AvgIpc) is 2.53. The number of hydrogen-bond donors (Lipinski definition) is 1. The average molecular weight is 323 g/mol. The van der Waals surface area contributed by atoms with E-state index in [0.29, 0.717) is 16.7 Å². The van der Waals surface area contributed by atoms with Crippen molar-refractivity contribution in [2.45, 2.75) is 12.8 Å². The van der Waals surface area contributed by atoms with Crippen molar-refractivity contribution >= 4 is 23.6 Å². The van der Waals surface area contributed by atoms with Gasteiger partial charge in [-0.3, -0.25) is 4.79 Å². The number of halogens is 1. The normalized spacial score (nSPS) is 18.7. The molecule has 1 aliphatic rings. The fourth-order valence-corrected chi connectivity index (χ4v) is 3.00. The Balaban J connectivity index is 2.03. The minimum atomic E-state index is 0.0443. The monoisotopic (exact) mass is 322 g/mol. The molecule has 1 atom stereocenters. The summed E-state index contributed by atoms with van der Waals surface area (Å²) in [5.74, 6) is 1.29. The molecular weight excluding hydrogens is 300 g/mol. The number of hydrogen-bond acceptors (Lipinski definition) is 3. The van der Waals surface area contributed by atoms with E-state index in [9.17, 15) is 4.79 Å². The summed E-state index contributed by atoms with van der Waals surface area (Å²) in [4.78, 5) is 14.3. The number of methoxy groups -OCH3 is 1. The summed E-state index contributed by atoms with van der Waals surface area (Å²) >= 11 is 6.00. The lowest BCUT2D eigenvalue weighted by Crippen LogP contribution is -2.41. The zero-order valence-electron chi connectivity index (χ0n) is 13.1. The van der Waals surface area contributed by atoms with Crippen molar-refractivity contribution in [3.05, 3.63) is 34.9 Å². The van der Waals surface area contributed by atoms with Crippen molar-refractivity contribution in [1.82, 2.24) is 10.2 Å². The fourth-order valence-electron chi connectivity index (χ4n) is 2.82. The lowest BCUT2D eigenvalue weighted by molar-refractivity contribution is -0.127. The number of carbonyl (C=O) groups excluding carboxylic acids is 1. The van der Waals surface area contributed by atoms with Gasteiger partial charge in [0.2, 0.25) is 5.91 Å². The molecule has 0 saturated carbocycles. The Morgan fingerprint density at radius 3 is 3.09 bits per heavy atom. The van der Waals surface area contributed by atoms with Crippen LogP contribution in [0.2, 0.25) is 5.02 Å². The quantitative estimate of drug-likeness (QED) is 0.848. The van der Waals surface area contributed by atoms with E-state index in [2.05, 4.69) is 5.32 Å². The van der Waals surface area contributed by atoms with Crippen LogP contribution in [0.5, 0.6) is 5.75 Å². The Morgan fingerprint density at radius 2 is 2.36 bits per heavy atom. The van der Waals surface area contributed by atoms with Crippen molar-refractivity contribution in [2.75, 3.05) is 33.8 Å². The maximum absolute atomic E-state index is 12.4. The smallest absolute Gasteiger partial charge is 0.246 e. The van der Waals surface area contributed by atoms with Gasteiger partial charge < -0.3 is 15.0 Å². The van der Waals surface area contributed by atoms with Gasteiger partial charge >= 0.3 is 0 Å². The van der Waals surface area contributed by atoms with E-state index in [1.165, 1.54) is 6.42 Å².